The van der Waals surface area contributed by atoms with E-state index in [1.165, 1.54) is 30.0 Å². The zero-order valence-corrected chi connectivity index (χ0v) is 18.3. The highest BCUT2D eigenvalue weighted by atomic mass is 32.2. The quantitative estimate of drug-likeness (QED) is 0.571. The number of aliphatic hydroxyl groups is 1. The molecule has 1 amide bonds. The van der Waals surface area contributed by atoms with Crippen LogP contribution in [0.5, 0.6) is 5.75 Å². The summed E-state index contributed by atoms with van der Waals surface area (Å²) in [5, 5.41) is 13.2. The van der Waals surface area contributed by atoms with Crippen molar-refractivity contribution < 1.29 is 27.8 Å². The van der Waals surface area contributed by atoms with Gasteiger partial charge in [-0.25, -0.2) is 8.78 Å². The van der Waals surface area contributed by atoms with Gasteiger partial charge in [0.2, 0.25) is 0 Å². The normalized spacial score (nSPS) is 17.7. The molecule has 0 aliphatic carbocycles. The lowest BCUT2D eigenvalue weighted by Crippen LogP contribution is -2.44. The van der Waals surface area contributed by atoms with Crippen molar-refractivity contribution in [2.75, 3.05) is 12.0 Å². The highest BCUT2D eigenvalue weighted by Gasteiger charge is 2.32. The van der Waals surface area contributed by atoms with Gasteiger partial charge < -0.3 is 24.5 Å². The van der Waals surface area contributed by atoms with Gasteiger partial charge in [-0.3, -0.25) is 4.79 Å². The molecule has 2 aromatic carbocycles. The molecule has 2 heterocycles. The molecule has 3 aromatic rings. The number of carbonyl (C=O) groups is 1. The van der Waals surface area contributed by atoms with E-state index in [0.717, 1.165) is 17.0 Å². The zero-order valence-electron chi connectivity index (χ0n) is 17.5. The first kappa shape index (κ1) is 22.2. The van der Waals surface area contributed by atoms with Gasteiger partial charge in [-0.05, 0) is 37.3 Å². The van der Waals surface area contributed by atoms with Crippen molar-refractivity contribution in [2.45, 2.75) is 36.4 Å². The number of hydrogen-bond acceptors (Lipinski definition) is 6. The molecular formula is C23H22F2N2O4S. The fourth-order valence-electron chi connectivity index (χ4n) is 3.52. The van der Waals surface area contributed by atoms with Crippen molar-refractivity contribution in [1.82, 2.24) is 5.32 Å². The van der Waals surface area contributed by atoms with Gasteiger partial charge in [0.1, 0.15) is 29.4 Å². The van der Waals surface area contributed by atoms with Crippen LogP contribution in [0.25, 0.3) is 0 Å². The summed E-state index contributed by atoms with van der Waals surface area (Å²) >= 11 is 1.40. The van der Waals surface area contributed by atoms with Gasteiger partial charge in [-0.2, -0.15) is 0 Å². The van der Waals surface area contributed by atoms with E-state index in [-0.39, 0.29) is 35.6 Å². The number of fused-ring (bicyclic) bond motifs is 1. The highest BCUT2D eigenvalue weighted by molar-refractivity contribution is 8.00. The number of thioether (sulfide) groups is 1. The van der Waals surface area contributed by atoms with Gasteiger partial charge >= 0.3 is 0 Å². The van der Waals surface area contributed by atoms with E-state index < -0.39 is 17.9 Å². The average molecular weight is 461 g/mol. The molecule has 4 rings (SSSR count). The standard InChI is InChI=1S/C23H22F2N2O4S/c1-13-23(29)27(12-17-18(24)9-16(30-2)10-19(17)25)20-6-5-14(8-21(20)32-13)22(28)26-11-15-4-3-7-31-15/h3-10,13,23,29H,11-12H2,1-2H3,(H,26,28). The Kier molecular flexibility index (Phi) is 6.38. The minimum atomic E-state index is -0.966. The SMILES string of the molecule is COc1cc(F)c(CN2c3ccc(C(=O)NCc4ccco4)cc3SC(C)C2O)c(F)c1. The molecule has 0 fully saturated rings. The van der Waals surface area contributed by atoms with E-state index in [0.29, 0.717) is 17.0 Å². The molecule has 2 unspecified atom stereocenters. The Morgan fingerprint density at radius 3 is 2.66 bits per heavy atom. The van der Waals surface area contributed by atoms with E-state index in [4.69, 9.17) is 9.15 Å². The van der Waals surface area contributed by atoms with E-state index >= 15 is 0 Å². The number of halogens is 2. The van der Waals surface area contributed by atoms with Gasteiger partial charge in [0.25, 0.3) is 5.91 Å². The number of anilines is 1. The number of rotatable bonds is 6. The predicted molar refractivity (Wildman–Crippen MR) is 117 cm³/mol. The Hall–Kier alpha value is -3.04. The van der Waals surface area contributed by atoms with E-state index in [9.17, 15) is 18.7 Å². The third-order valence-electron chi connectivity index (χ3n) is 5.27. The number of nitrogens with zero attached hydrogens (tertiary/aromatic N) is 1. The number of nitrogens with one attached hydrogen (secondary N) is 1. The topological polar surface area (TPSA) is 74.9 Å². The van der Waals surface area contributed by atoms with Gasteiger partial charge in [-0.15, -0.1) is 11.8 Å². The smallest absolute Gasteiger partial charge is 0.251 e. The minimum Gasteiger partial charge on any atom is -0.497 e. The van der Waals surface area contributed by atoms with Crippen molar-refractivity contribution in [3.8, 4) is 5.75 Å². The van der Waals surface area contributed by atoms with Crippen LogP contribution in [0, 0.1) is 11.6 Å². The van der Waals surface area contributed by atoms with Crippen LogP contribution in [-0.2, 0) is 13.1 Å². The maximum Gasteiger partial charge on any atom is 0.251 e. The van der Waals surface area contributed by atoms with E-state index in [2.05, 4.69) is 5.32 Å². The third kappa shape index (κ3) is 4.44. The van der Waals surface area contributed by atoms with Crippen LogP contribution in [0.15, 0.2) is 58.0 Å². The van der Waals surface area contributed by atoms with Gasteiger partial charge in [0, 0.05) is 28.2 Å². The summed E-state index contributed by atoms with van der Waals surface area (Å²) in [6.45, 7) is 1.90. The van der Waals surface area contributed by atoms with Crippen LogP contribution in [0.3, 0.4) is 0 Å². The summed E-state index contributed by atoms with van der Waals surface area (Å²) in [6.07, 6.45) is 0.569. The average Bonchev–Trinajstić information content (AvgIpc) is 3.30. The number of amides is 1. The molecule has 168 valence electrons. The minimum absolute atomic E-state index is 0.0810. The molecule has 1 aromatic heterocycles. The molecule has 0 saturated heterocycles. The number of carbonyl (C=O) groups excluding carboxylic acids is 1. The Balaban J connectivity index is 1.59. The summed E-state index contributed by atoms with van der Waals surface area (Å²) in [4.78, 5) is 14.8. The molecule has 0 saturated carbocycles. The second kappa shape index (κ2) is 9.22. The molecule has 32 heavy (non-hydrogen) atoms. The molecule has 1 aliphatic rings. The molecular weight excluding hydrogens is 438 g/mol. The largest absolute Gasteiger partial charge is 0.497 e. The molecule has 6 nitrogen and oxygen atoms in total. The van der Waals surface area contributed by atoms with Gasteiger partial charge in [-0.1, -0.05) is 0 Å². The summed E-state index contributed by atoms with van der Waals surface area (Å²) in [5.74, 6) is -1.07. The highest BCUT2D eigenvalue weighted by Crippen LogP contribution is 2.42. The summed E-state index contributed by atoms with van der Waals surface area (Å²) in [5.41, 5.74) is 0.862. The van der Waals surface area contributed by atoms with Crippen molar-refractivity contribution >= 4 is 23.4 Å². The molecule has 9 heteroatoms. The Bertz CT molecular complexity index is 1100. The molecule has 1 aliphatic heterocycles. The first-order valence-corrected chi connectivity index (χ1v) is 10.8. The Morgan fingerprint density at radius 2 is 2.00 bits per heavy atom. The van der Waals surface area contributed by atoms with Crippen LogP contribution in [0.4, 0.5) is 14.5 Å². The van der Waals surface area contributed by atoms with Crippen LogP contribution in [0.2, 0.25) is 0 Å². The van der Waals surface area contributed by atoms with Crippen LogP contribution in [0.1, 0.15) is 28.6 Å². The molecule has 0 bridgehead atoms. The Labute approximate surface area is 188 Å². The molecule has 0 radical (unpaired) electrons. The van der Waals surface area contributed by atoms with Gasteiger partial charge in [0.15, 0.2) is 0 Å². The maximum absolute atomic E-state index is 14.5. The number of hydrogen-bond donors (Lipinski definition) is 2. The number of benzene rings is 2. The second-order valence-corrected chi connectivity index (χ2v) is 8.80. The molecule has 0 spiro atoms. The first-order chi connectivity index (χ1) is 15.4. The lowest BCUT2D eigenvalue weighted by Gasteiger charge is -2.39. The first-order valence-electron chi connectivity index (χ1n) is 9.95. The molecule has 2 atom stereocenters. The fourth-order valence-corrected chi connectivity index (χ4v) is 4.69. The monoisotopic (exact) mass is 460 g/mol. The van der Waals surface area contributed by atoms with E-state index in [1.54, 1.807) is 30.3 Å². The van der Waals surface area contributed by atoms with Crippen molar-refractivity contribution in [3.05, 3.63) is 77.2 Å². The summed E-state index contributed by atoms with van der Waals surface area (Å²) in [6, 6.07) is 10.7. The van der Waals surface area contributed by atoms with Crippen molar-refractivity contribution in [1.29, 1.82) is 0 Å². The zero-order chi connectivity index (χ0) is 22.8. The van der Waals surface area contributed by atoms with Crippen molar-refractivity contribution in [3.63, 3.8) is 0 Å². The second-order valence-electron chi connectivity index (χ2n) is 7.38. The summed E-state index contributed by atoms with van der Waals surface area (Å²) in [7, 11) is 1.33. The van der Waals surface area contributed by atoms with Crippen molar-refractivity contribution in [2.24, 2.45) is 0 Å². The predicted octanol–water partition coefficient (Wildman–Crippen LogP) is 4.32. The summed E-state index contributed by atoms with van der Waals surface area (Å²) < 4.78 is 39.2. The number of methoxy groups -OCH3 is 1. The van der Waals surface area contributed by atoms with Crippen LogP contribution in [-0.4, -0.2) is 29.6 Å². The fraction of sp³-hybridized carbons (Fsp3) is 0.261. The Morgan fingerprint density at radius 1 is 1.25 bits per heavy atom. The van der Waals surface area contributed by atoms with Crippen LogP contribution >= 0.6 is 11.8 Å². The number of furan rings is 1. The lowest BCUT2D eigenvalue weighted by molar-refractivity contribution is 0.0948. The van der Waals surface area contributed by atoms with Gasteiger partial charge in [0.05, 0.1) is 37.4 Å². The molecule has 2 N–H and O–H groups in total. The number of aliphatic hydroxyl groups excluding tert-OH is 1. The lowest BCUT2D eigenvalue weighted by atomic mass is 10.1. The van der Waals surface area contributed by atoms with E-state index in [1.807, 2.05) is 6.92 Å². The third-order valence-corrected chi connectivity index (χ3v) is 6.46. The maximum atomic E-state index is 14.5. The number of ether oxygens (including phenoxy) is 1. The van der Waals surface area contributed by atoms with Crippen LogP contribution < -0.4 is 15.0 Å².